The lowest BCUT2D eigenvalue weighted by atomic mass is 10.0. The molecular formula is C17H25ClN4O3. The van der Waals surface area contributed by atoms with Gasteiger partial charge in [0.15, 0.2) is 5.76 Å². The van der Waals surface area contributed by atoms with Crippen LogP contribution >= 0.6 is 12.4 Å². The van der Waals surface area contributed by atoms with Gasteiger partial charge in [-0.3, -0.25) is 4.79 Å². The van der Waals surface area contributed by atoms with Gasteiger partial charge in [0.1, 0.15) is 0 Å². The molecule has 2 aromatic rings. The Morgan fingerprint density at radius 3 is 2.88 bits per heavy atom. The molecule has 3 rings (SSSR count). The van der Waals surface area contributed by atoms with E-state index in [9.17, 15) is 4.79 Å². The first kappa shape index (κ1) is 19.5. The van der Waals surface area contributed by atoms with Gasteiger partial charge in [-0.05, 0) is 44.5 Å². The normalized spacial score (nSPS) is 14.9. The van der Waals surface area contributed by atoms with Crippen LogP contribution in [0, 0.1) is 0 Å². The Balaban J connectivity index is 0.00000225. The van der Waals surface area contributed by atoms with Crippen molar-refractivity contribution in [1.29, 1.82) is 0 Å². The zero-order chi connectivity index (χ0) is 16.8. The van der Waals surface area contributed by atoms with E-state index >= 15 is 0 Å². The van der Waals surface area contributed by atoms with Crippen LogP contribution in [-0.2, 0) is 11.2 Å². The van der Waals surface area contributed by atoms with E-state index in [4.69, 9.17) is 8.94 Å². The maximum absolute atomic E-state index is 12.6. The smallest absolute Gasteiger partial charge is 0.238 e. The summed E-state index contributed by atoms with van der Waals surface area (Å²) in [5.74, 6) is 1.63. The number of hydrogen-bond acceptors (Lipinski definition) is 6. The van der Waals surface area contributed by atoms with Gasteiger partial charge in [-0.15, -0.1) is 12.4 Å². The van der Waals surface area contributed by atoms with Gasteiger partial charge in [-0.25, -0.2) is 0 Å². The Bertz CT molecular complexity index is 638. The van der Waals surface area contributed by atoms with Crippen molar-refractivity contribution in [3.63, 3.8) is 0 Å². The molecule has 1 fully saturated rings. The fourth-order valence-corrected chi connectivity index (χ4v) is 3.09. The van der Waals surface area contributed by atoms with Crippen molar-refractivity contribution < 1.29 is 13.7 Å². The number of nitrogens with zero attached hydrogens (tertiary/aromatic N) is 3. The predicted octanol–water partition coefficient (Wildman–Crippen LogP) is 2.67. The largest absolute Gasteiger partial charge is 0.461 e. The number of amides is 1. The van der Waals surface area contributed by atoms with Crippen LogP contribution in [0.15, 0.2) is 27.3 Å². The van der Waals surface area contributed by atoms with E-state index in [1.54, 1.807) is 18.4 Å². The summed E-state index contributed by atoms with van der Waals surface area (Å²) < 4.78 is 10.5. The van der Waals surface area contributed by atoms with Crippen LogP contribution in [-0.4, -0.2) is 46.6 Å². The van der Waals surface area contributed by atoms with Gasteiger partial charge in [0.25, 0.3) is 0 Å². The van der Waals surface area contributed by atoms with E-state index < -0.39 is 0 Å². The monoisotopic (exact) mass is 368 g/mol. The first-order valence-electron chi connectivity index (χ1n) is 8.64. The molecule has 0 bridgehead atoms. The van der Waals surface area contributed by atoms with E-state index in [1.807, 2.05) is 4.90 Å². The molecule has 0 radical (unpaired) electrons. The van der Waals surface area contributed by atoms with Crippen LogP contribution in [0.3, 0.4) is 0 Å². The van der Waals surface area contributed by atoms with Gasteiger partial charge in [0.05, 0.1) is 6.26 Å². The Hall–Kier alpha value is -1.86. The predicted molar refractivity (Wildman–Crippen MR) is 95.5 cm³/mol. The van der Waals surface area contributed by atoms with Crippen molar-refractivity contribution in [3.8, 4) is 11.6 Å². The number of halogens is 1. The molecule has 0 atom stereocenters. The summed E-state index contributed by atoms with van der Waals surface area (Å²) in [6.45, 7) is 4.88. The summed E-state index contributed by atoms with van der Waals surface area (Å²) in [5, 5.41) is 7.24. The molecule has 1 aliphatic rings. The van der Waals surface area contributed by atoms with Crippen molar-refractivity contribution in [2.24, 2.45) is 0 Å². The number of aromatic nitrogens is 2. The molecule has 1 amide bonds. The lowest BCUT2D eigenvalue weighted by Crippen LogP contribution is -2.46. The van der Waals surface area contributed by atoms with Crippen molar-refractivity contribution in [2.45, 2.75) is 45.1 Å². The molecule has 8 heteroatoms. The van der Waals surface area contributed by atoms with E-state index in [2.05, 4.69) is 22.4 Å². The van der Waals surface area contributed by atoms with Crippen molar-refractivity contribution >= 4 is 18.3 Å². The Kier molecular flexibility index (Phi) is 7.46. The van der Waals surface area contributed by atoms with Crippen LogP contribution in [0.25, 0.3) is 11.6 Å². The Morgan fingerprint density at radius 2 is 2.20 bits per heavy atom. The molecule has 2 aromatic heterocycles. The molecule has 7 nitrogen and oxygen atoms in total. The Morgan fingerprint density at radius 1 is 1.40 bits per heavy atom. The molecule has 138 valence electrons. The van der Waals surface area contributed by atoms with Gasteiger partial charge in [0.2, 0.25) is 17.6 Å². The highest BCUT2D eigenvalue weighted by Gasteiger charge is 2.24. The molecule has 1 aliphatic heterocycles. The second-order valence-electron chi connectivity index (χ2n) is 6.06. The molecule has 25 heavy (non-hydrogen) atoms. The summed E-state index contributed by atoms with van der Waals surface area (Å²) in [4.78, 5) is 19.0. The van der Waals surface area contributed by atoms with Crippen molar-refractivity contribution in [1.82, 2.24) is 20.4 Å². The first-order chi connectivity index (χ1) is 11.8. The average molecular weight is 369 g/mol. The third-order valence-corrected chi connectivity index (χ3v) is 4.30. The van der Waals surface area contributed by atoms with E-state index in [-0.39, 0.29) is 18.3 Å². The van der Waals surface area contributed by atoms with Crippen molar-refractivity contribution in [2.75, 3.05) is 19.6 Å². The van der Waals surface area contributed by atoms with E-state index in [1.165, 1.54) is 0 Å². The fourth-order valence-electron chi connectivity index (χ4n) is 3.09. The quantitative estimate of drug-likeness (QED) is 0.808. The van der Waals surface area contributed by atoms with Crippen molar-refractivity contribution in [3.05, 3.63) is 24.3 Å². The van der Waals surface area contributed by atoms with Gasteiger partial charge in [0, 0.05) is 25.4 Å². The summed E-state index contributed by atoms with van der Waals surface area (Å²) in [6, 6.07) is 3.90. The van der Waals surface area contributed by atoms with Crippen LogP contribution < -0.4 is 5.32 Å². The van der Waals surface area contributed by atoms with Gasteiger partial charge in [-0.1, -0.05) is 12.1 Å². The second-order valence-corrected chi connectivity index (χ2v) is 6.06. The summed E-state index contributed by atoms with van der Waals surface area (Å²) in [7, 11) is 0. The molecule has 0 unspecified atom stereocenters. The maximum Gasteiger partial charge on any atom is 0.238 e. The number of aryl methyl sites for hydroxylation is 1. The highest BCUT2D eigenvalue weighted by molar-refractivity contribution is 5.85. The molecule has 0 aromatic carbocycles. The third-order valence-electron chi connectivity index (χ3n) is 4.30. The standard InChI is InChI=1S/C17H24N4O3.ClH/c1-2-11-21(13-7-9-18-10-8-13)16(22)6-5-15-19-17(20-24-15)14-4-3-12-23-14;/h3-4,12-13,18H,2,5-11H2,1H3;1H. The zero-order valence-corrected chi connectivity index (χ0v) is 15.3. The Labute approximate surface area is 153 Å². The molecule has 0 saturated carbocycles. The first-order valence-corrected chi connectivity index (χ1v) is 8.64. The topological polar surface area (TPSA) is 84.4 Å². The number of hydrogen-bond donors (Lipinski definition) is 1. The summed E-state index contributed by atoms with van der Waals surface area (Å²) in [5.41, 5.74) is 0. The molecular weight excluding hydrogens is 344 g/mol. The fraction of sp³-hybridized carbons (Fsp3) is 0.588. The number of nitrogens with one attached hydrogen (secondary N) is 1. The van der Waals surface area contributed by atoms with Crippen LogP contribution in [0.1, 0.15) is 38.5 Å². The van der Waals surface area contributed by atoms with Crippen LogP contribution in [0.2, 0.25) is 0 Å². The lowest BCUT2D eigenvalue weighted by Gasteiger charge is -2.34. The van der Waals surface area contributed by atoms with Gasteiger partial charge >= 0.3 is 0 Å². The van der Waals surface area contributed by atoms with Crippen LogP contribution in [0.4, 0.5) is 0 Å². The minimum absolute atomic E-state index is 0. The number of carbonyl (C=O) groups excluding carboxylic acids is 1. The second kappa shape index (κ2) is 9.58. The van der Waals surface area contributed by atoms with Gasteiger partial charge in [-0.2, -0.15) is 4.98 Å². The summed E-state index contributed by atoms with van der Waals surface area (Å²) >= 11 is 0. The molecule has 0 spiro atoms. The van der Waals surface area contributed by atoms with E-state index in [0.717, 1.165) is 38.9 Å². The molecule has 1 saturated heterocycles. The number of furan rings is 1. The maximum atomic E-state index is 12.6. The molecule has 3 heterocycles. The highest BCUT2D eigenvalue weighted by atomic mass is 35.5. The number of rotatable bonds is 7. The minimum Gasteiger partial charge on any atom is -0.461 e. The lowest BCUT2D eigenvalue weighted by molar-refractivity contribution is -0.134. The van der Waals surface area contributed by atoms with Crippen LogP contribution in [0.5, 0.6) is 0 Å². The average Bonchev–Trinajstić information content (AvgIpc) is 3.29. The number of carbonyl (C=O) groups is 1. The number of piperidine rings is 1. The SMILES string of the molecule is CCCN(C(=O)CCc1nc(-c2ccco2)no1)C1CCNCC1.Cl. The van der Waals surface area contributed by atoms with E-state index in [0.29, 0.717) is 36.4 Å². The highest BCUT2D eigenvalue weighted by Crippen LogP contribution is 2.18. The summed E-state index contributed by atoms with van der Waals surface area (Å²) in [6.07, 6.45) is 5.43. The minimum atomic E-state index is 0. The van der Waals surface area contributed by atoms with Gasteiger partial charge < -0.3 is 19.2 Å². The molecule has 1 N–H and O–H groups in total. The molecule has 0 aliphatic carbocycles. The third kappa shape index (κ3) is 5.06. The zero-order valence-electron chi connectivity index (χ0n) is 14.4.